The van der Waals surface area contributed by atoms with Gasteiger partial charge in [-0.15, -0.1) is 0 Å². The fourth-order valence-corrected chi connectivity index (χ4v) is 3.52. The molecule has 0 spiro atoms. The number of fused-ring (bicyclic) bond motifs is 1. The van der Waals surface area contributed by atoms with Crippen LogP contribution in [0.15, 0.2) is 42.5 Å². The van der Waals surface area contributed by atoms with Gasteiger partial charge in [0.1, 0.15) is 6.61 Å². The van der Waals surface area contributed by atoms with Crippen LogP contribution >= 0.6 is 0 Å². The summed E-state index contributed by atoms with van der Waals surface area (Å²) in [4.78, 5) is 4.87. The predicted octanol–water partition coefficient (Wildman–Crippen LogP) is 2.80. The summed E-state index contributed by atoms with van der Waals surface area (Å²) in [6, 6.07) is 15.4. The molecule has 0 bridgehead atoms. The number of benzene rings is 2. The maximum atomic E-state index is 6.09. The van der Waals surface area contributed by atoms with E-state index in [1.165, 1.54) is 22.5 Å². The van der Waals surface area contributed by atoms with Crippen LogP contribution in [0.2, 0.25) is 0 Å². The Bertz CT molecular complexity index is 693. The minimum absolute atomic E-state index is 0.752. The molecule has 24 heavy (non-hydrogen) atoms. The minimum atomic E-state index is 0.752. The standard InChI is InChI=1S/C20H25N3O/c1-16-5-7-17(8-6-16)15-23-13-14-24-20-18(3-2-4-19(20)23)22-11-9-21-10-12-22/h2-8,21H,9-15H2,1H3. The first-order valence-electron chi connectivity index (χ1n) is 8.83. The molecule has 1 N–H and O–H groups in total. The molecule has 0 amide bonds. The third-order valence-corrected chi connectivity index (χ3v) is 4.87. The van der Waals surface area contributed by atoms with Gasteiger partial charge in [0.05, 0.1) is 17.9 Å². The Morgan fingerprint density at radius 2 is 1.71 bits per heavy atom. The molecule has 1 saturated heterocycles. The highest BCUT2D eigenvalue weighted by Gasteiger charge is 2.24. The Balaban J connectivity index is 1.61. The summed E-state index contributed by atoms with van der Waals surface area (Å²) in [5.41, 5.74) is 5.11. The quantitative estimate of drug-likeness (QED) is 0.940. The van der Waals surface area contributed by atoms with Crippen LogP contribution in [0.4, 0.5) is 11.4 Å². The van der Waals surface area contributed by atoms with Crippen molar-refractivity contribution < 1.29 is 4.74 Å². The van der Waals surface area contributed by atoms with Crippen LogP contribution in [-0.4, -0.2) is 39.3 Å². The Morgan fingerprint density at radius 1 is 0.958 bits per heavy atom. The number of hydrogen-bond donors (Lipinski definition) is 1. The second-order valence-corrected chi connectivity index (χ2v) is 6.62. The molecule has 2 heterocycles. The first kappa shape index (κ1) is 15.3. The number of nitrogens with zero attached hydrogens (tertiary/aromatic N) is 2. The minimum Gasteiger partial charge on any atom is -0.487 e. The van der Waals surface area contributed by atoms with Crippen molar-refractivity contribution in [3.63, 3.8) is 0 Å². The summed E-state index contributed by atoms with van der Waals surface area (Å²) in [5.74, 6) is 1.05. The van der Waals surface area contributed by atoms with E-state index in [0.717, 1.165) is 51.6 Å². The van der Waals surface area contributed by atoms with E-state index in [1.807, 2.05) is 0 Å². The highest BCUT2D eigenvalue weighted by molar-refractivity contribution is 5.74. The molecular formula is C20H25N3O. The summed E-state index contributed by atoms with van der Waals surface area (Å²) in [6.07, 6.45) is 0. The molecule has 2 aliphatic heterocycles. The van der Waals surface area contributed by atoms with E-state index in [4.69, 9.17) is 4.74 Å². The van der Waals surface area contributed by atoms with Gasteiger partial charge in [0.2, 0.25) is 0 Å². The third kappa shape index (κ3) is 3.06. The van der Waals surface area contributed by atoms with E-state index in [9.17, 15) is 0 Å². The van der Waals surface area contributed by atoms with Crippen molar-refractivity contribution in [1.82, 2.24) is 5.32 Å². The first-order valence-corrected chi connectivity index (χ1v) is 8.83. The molecule has 0 atom stereocenters. The molecule has 0 saturated carbocycles. The van der Waals surface area contributed by atoms with Crippen molar-refractivity contribution in [3.05, 3.63) is 53.6 Å². The lowest BCUT2D eigenvalue weighted by Crippen LogP contribution is -2.44. The van der Waals surface area contributed by atoms with Gasteiger partial charge in [-0.2, -0.15) is 0 Å². The van der Waals surface area contributed by atoms with Crippen LogP contribution < -0.4 is 19.9 Å². The lowest BCUT2D eigenvalue weighted by molar-refractivity contribution is 0.307. The molecule has 1 fully saturated rings. The number of aryl methyl sites for hydroxylation is 1. The normalized spacial score (nSPS) is 17.4. The Labute approximate surface area is 144 Å². The third-order valence-electron chi connectivity index (χ3n) is 4.87. The average molecular weight is 323 g/mol. The smallest absolute Gasteiger partial charge is 0.165 e. The van der Waals surface area contributed by atoms with E-state index in [1.54, 1.807) is 0 Å². The topological polar surface area (TPSA) is 27.7 Å². The summed E-state index contributed by atoms with van der Waals surface area (Å²) in [7, 11) is 0. The second-order valence-electron chi connectivity index (χ2n) is 6.62. The highest BCUT2D eigenvalue weighted by atomic mass is 16.5. The van der Waals surface area contributed by atoms with E-state index < -0.39 is 0 Å². The van der Waals surface area contributed by atoms with Crippen molar-refractivity contribution in [1.29, 1.82) is 0 Å². The van der Waals surface area contributed by atoms with E-state index in [0.29, 0.717) is 0 Å². The zero-order valence-corrected chi connectivity index (χ0v) is 14.3. The number of hydrogen-bond acceptors (Lipinski definition) is 4. The van der Waals surface area contributed by atoms with Gasteiger partial charge < -0.3 is 19.9 Å². The zero-order valence-electron chi connectivity index (χ0n) is 14.3. The summed E-state index contributed by atoms with van der Waals surface area (Å²) in [5, 5.41) is 3.42. The molecule has 4 rings (SSSR count). The lowest BCUT2D eigenvalue weighted by atomic mass is 10.1. The van der Waals surface area contributed by atoms with Crippen molar-refractivity contribution in [2.45, 2.75) is 13.5 Å². The predicted molar refractivity (Wildman–Crippen MR) is 99.2 cm³/mol. The van der Waals surface area contributed by atoms with Gasteiger partial charge in [0.15, 0.2) is 5.75 Å². The molecule has 2 aromatic carbocycles. The monoisotopic (exact) mass is 323 g/mol. The van der Waals surface area contributed by atoms with Gasteiger partial charge in [0, 0.05) is 32.7 Å². The van der Waals surface area contributed by atoms with Crippen LogP contribution in [0.3, 0.4) is 0 Å². The molecule has 4 nitrogen and oxygen atoms in total. The van der Waals surface area contributed by atoms with Crippen molar-refractivity contribution >= 4 is 11.4 Å². The maximum Gasteiger partial charge on any atom is 0.165 e. The Kier molecular flexibility index (Phi) is 4.30. The average Bonchev–Trinajstić information content (AvgIpc) is 2.64. The van der Waals surface area contributed by atoms with Crippen molar-refractivity contribution in [3.8, 4) is 5.75 Å². The van der Waals surface area contributed by atoms with Gasteiger partial charge in [0.25, 0.3) is 0 Å². The number of ether oxygens (including phenoxy) is 1. The van der Waals surface area contributed by atoms with Gasteiger partial charge in [-0.1, -0.05) is 35.9 Å². The Morgan fingerprint density at radius 3 is 2.50 bits per heavy atom. The fraction of sp³-hybridized carbons (Fsp3) is 0.400. The molecule has 0 radical (unpaired) electrons. The van der Waals surface area contributed by atoms with Gasteiger partial charge in [-0.25, -0.2) is 0 Å². The molecule has 2 aromatic rings. The molecule has 0 aromatic heterocycles. The van der Waals surface area contributed by atoms with Crippen LogP contribution in [0.1, 0.15) is 11.1 Å². The van der Waals surface area contributed by atoms with Crippen molar-refractivity contribution in [2.75, 3.05) is 49.1 Å². The largest absolute Gasteiger partial charge is 0.487 e. The highest BCUT2D eigenvalue weighted by Crippen LogP contribution is 2.40. The van der Waals surface area contributed by atoms with Crippen molar-refractivity contribution in [2.24, 2.45) is 0 Å². The van der Waals surface area contributed by atoms with Crippen LogP contribution in [0.5, 0.6) is 5.75 Å². The number of rotatable bonds is 3. The SMILES string of the molecule is Cc1ccc(CN2CCOc3c(N4CCNCC4)cccc32)cc1. The molecule has 0 unspecified atom stereocenters. The summed E-state index contributed by atoms with van der Waals surface area (Å²) in [6.45, 7) is 8.91. The number of nitrogens with one attached hydrogen (secondary N) is 1. The first-order chi connectivity index (χ1) is 11.8. The molecule has 2 aliphatic rings. The van der Waals surface area contributed by atoms with Crippen LogP contribution in [-0.2, 0) is 6.54 Å². The lowest BCUT2D eigenvalue weighted by Gasteiger charge is -2.36. The molecule has 4 heteroatoms. The number of anilines is 2. The Hall–Kier alpha value is -2.20. The number of piperazine rings is 1. The molecular weight excluding hydrogens is 298 g/mol. The fourth-order valence-electron chi connectivity index (χ4n) is 3.52. The van der Waals surface area contributed by atoms with Gasteiger partial charge >= 0.3 is 0 Å². The van der Waals surface area contributed by atoms with Gasteiger partial charge in [-0.05, 0) is 24.6 Å². The maximum absolute atomic E-state index is 6.09. The van der Waals surface area contributed by atoms with Crippen LogP contribution in [0.25, 0.3) is 0 Å². The zero-order chi connectivity index (χ0) is 16.4. The second kappa shape index (κ2) is 6.73. The van der Waals surface area contributed by atoms with Crippen LogP contribution in [0, 0.1) is 6.92 Å². The van der Waals surface area contributed by atoms with Gasteiger partial charge in [-0.3, -0.25) is 0 Å². The summed E-state index contributed by atoms with van der Waals surface area (Å²) >= 11 is 0. The molecule has 126 valence electrons. The van der Waals surface area contributed by atoms with E-state index in [-0.39, 0.29) is 0 Å². The van der Waals surface area contributed by atoms with E-state index in [2.05, 4.69) is 64.5 Å². The molecule has 0 aliphatic carbocycles. The summed E-state index contributed by atoms with van der Waals surface area (Å²) < 4.78 is 6.09. The van der Waals surface area contributed by atoms with E-state index >= 15 is 0 Å². The number of para-hydroxylation sites is 1.